The molecule has 2 atom stereocenters. The summed E-state index contributed by atoms with van der Waals surface area (Å²) in [6.07, 6.45) is 1.83. The van der Waals surface area contributed by atoms with Crippen LogP contribution in [0.1, 0.15) is 24.8 Å². The number of carbonyl (C=O) groups is 2. The molecule has 1 fully saturated rings. The molecule has 1 aromatic carbocycles. The van der Waals surface area contributed by atoms with Gasteiger partial charge in [-0.3, -0.25) is 9.59 Å². The van der Waals surface area contributed by atoms with Crippen molar-refractivity contribution in [3.05, 3.63) is 35.4 Å². The van der Waals surface area contributed by atoms with Gasteiger partial charge in [-0.05, 0) is 30.5 Å². The van der Waals surface area contributed by atoms with Gasteiger partial charge in [0.05, 0.1) is 12.3 Å². The van der Waals surface area contributed by atoms with E-state index in [1.807, 2.05) is 0 Å². The van der Waals surface area contributed by atoms with Gasteiger partial charge >= 0.3 is 5.97 Å². The summed E-state index contributed by atoms with van der Waals surface area (Å²) in [4.78, 5) is 22.8. The molecule has 20 heavy (non-hydrogen) atoms. The molecule has 6 heteroatoms. The first-order chi connectivity index (χ1) is 9.47. The zero-order chi connectivity index (χ0) is 14.7. The molecule has 0 bridgehead atoms. The number of benzene rings is 1. The van der Waals surface area contributed by atoms with Gasteiger partial charge in [0.25, 0.3) is 0 Å². The molecule has 1 saturated carbocycles. The van der Waals surface area contributed by atoms with Crippen molar-refractivity contribution in [1.82, 2.24) is 5.32 Å². The lowest BCUT2D eigenvalue weighted by atomic mass is 10.0. The Morgan fingerprint density at radius 2 is 2.00 bits per heavy atom. The normalized spacial score (nSPS) is 21.7. The van der Waals surface area contributed by atoms with Gasteiger partial charge in [-0.15, -0.1) is 0 Å². The number of carboxylic acids is 1. The van der Waals surface area contributed by atoms with E-state index in [0.717, 1.165) is 18.6 Å². The maximum Gasteiger partial charge on any atom is 0.308 e. The summed E-state index contributed by atoms with van der Waals surface area (Å²) in [6.45, 7) is 0. The van der Waals surface area contributed by atoms with Crippen LogP contribution in [0.3, 0.4) is 0 Å². The standard InChI is InChI=1S/C14H15F2NO3/c15-10-5-4-8(6-11(10)16)7-13(18)17-12-3-1-2-9(12)14(19)20/h4-6,9,12H,1-3,7H2,(H,17,18)(H,19,20)/t9-,12+/m1/s1. The van der Waals surface area contributed by atoms with E-state index in [1.165, 1.54) is 6.07 Å². The van der Waals surface area contributed by atoms with Gasteiger partial charge < -0.3 is 10.4 Å². The summed E-state index contributed by atoms with van der Waals surface area (Å²) in [5.41, 5.74) is 0.353. The summed E-state index contributed by atoms with van der Waals surface area (Å²) >= 11 is 0. The molecule has 1 aromatic rings. The Bertz CT molecular complexity index is 533. The van der Waals surface area contributed by atoms with Crippen molar-refractivity contribution in [3.63, 3.8) is 0 Å². The van der Waals surface area contributed by atoms with Gasteiger partial charge in [-0.25, -0.2) is 8.78 Å². The molecular formula is C14H15F2NO3. The number of aliphatic carboxylic acids is 1. The first-order valence-electron chi connectivity index (χ1n) is 6.43. The second-order valence-electron chi connectivity index (χ2n) is 4.97. The van der Waals surface area contributed by atoms with Crippen molar-refractivity contribution in [2.75, 3.05) is 0 Å². The molecule has 0 aromatic heterocycles. The van der Waals surface area contributed by atoms with Crippen LogP contribution in [-0.2, 0) is 16.0 Å². The number of halogens is 2. The van der Waals surface area contributed by atoms with Crippen LogP contribution < -0.4 is 5.32 Å². The fraction of sp³-hybridized carbons (Fsp3) is 0.429. The molecule has 2 rings (SSSR count). The summed E-state index contributed by atoms with van der Waals surface area (Å²) in [5.74, 6) is -3.82. The van der Waals surface area contributed by atoms with E-state index in [9.17, 15) is 18.4 Å². The maximum atomic E-state index is 13.0. The van der Waals surface area contributed by atoms with Gasteiger partial charge in [0.1, 0.15) is 0 Å². The molecule has 0 saturated heterocycles. The molecule has 1 aliphatic rings. The van der Waals surface area contributed by atoms with Gasteiger partial charge in [0, 0.05) is 6.04 Å². The van der Waals surface area contributed by atoms with E-state index in [2.05, 4.69) is 5.32 Å². The lowest BCUT2D eigenvalue weighted by Crippen LogP contribution is -2.40. The monoisotopic (exact) mass is 283 g/mol. The minimum Gasteiger partial charge on any atom is -0.481 e. The highest BCUT2D eigenvalue weighted by Gasteiger charge is 2.33. The number of hydrogen-bond donors (Lipinski definition) is 2. The minimum absolute atomic E-state index is 0.0972. The molecule has 0 spiro atoms. The largest absolute Gasteiger partial charge is 0.481 e. The van der Waals surface area contributed by atoms with Crippen molar-refractivity contribution in [3.8, 4) is 0 Å². The van der Waals surface area contributed by atoms with Crippen molar-refractivity contribution in [1.29, 1.82) is 0 Å². The lowest BCUT2D eigenvalue weighted by Gasteiger charge is -2.17. The van der Waals surface area contributed by atoms with E-state index < -0.39 is 23.5 Å². The van der Waals surface area contributed by atoms with E-state index in [0.29, 0.717) is 18.4 Å². The zero-order valence-electron chi connectivity index (χ0n) is 10.7. The molecule has 0 unspecified atom stereocenters. The van der Waals surface area contributed by atoms with Crippen LogP contribution in [0.25, 0.3) is 0 Å². The molecular weight excluding hydrogens is 268 g/mol. The molecule has 0 radical (unpaired) electrons. The molecule has 2 N–H and O–H groups in total. The van der Waals surface area contributed by atoms with Crippen LogP contribution in [0.5, 0.6) is 0 Å². The maximum absolute atomic E-state index is 13.0. The third kappa shape index (κ3) is 3.31. The molecule has 0 aliphatic heterocycles. The number of hydrogen-bond acceptors (Lipinski definition) is 2. The lowest BCUT2D eigenvalue weighted by molar-refractivity contribution is -0.142. The summed E-state index contributed by atoms with van der Waals surface area (Å²) in [5, 5.41) is 11.7. The number of amides is 1. The smallest absolute Gasteiger partial charge is 0.308 e. The van der Waals surface area contributed by atoms with Crippen LogP contribution in [0.15, 0.2) is 18.2 Å². The van der Waals surface area contributed by atoms with Crippen molar-refractivity contribution < 1.29 is 23.5 Å². The molecule has 1 amide bonds. The number of carbonyl (C=O) groups excluding carboxylic acids is 1. The van der Waals surface area contributed by atoms with Gasteiger partial charge in [-0.2, -0.15) is 0 Å². The zero-order valence-corrected chi connectivity index (χ0v) is 10.7. The SMILES string of the molecule is O=C(Cc1ccc(F)c(F)c1)N[C@H]1CCC[C@H]1C(=O)O. The Morgan fingerprint density at radius 1 is 1.25 bits per heavy atom. The average Bonchev–Trinajstić information content (AvgIpc) is 2.82. The third-order valence-electron chi connectivity index (χ3n) is 3.53. The molecule has 108 valence electrons. The minimum atomic E-state index is -1.00. The van der Waals surface area contributed by atoms with Gasteiger partial charge in [0.15, 0.2) is 11.6 Å². The highest BCUT2D eigenvalue weighted by molar-refractivity contribution is 5.80. The van der Waals surface area contributed by atoms with Crippen LogP contribution in [0.2, 0.25) is 0 Å². The van der Waals surface area contributed by atoms with Gasteiger partial charge in [0.2, 0.25) is 5.91 Å². The Hall–Kier alpha value is -1.98. The Morgan fingerprint density at radius 3 is 2.65 bits per heavy atom. The van der Waals surface area contributed by atoms with E-state index >= 15 is 0 Å². The van der Waals surface area contributed by atoms with Crippen molar-refractivity contribution in [2.45, 2.75) is 31.7 Å². The first-order valence-corrected chi connectivity index (χ1v) is 6.43. The second-order valence-corrected chi connectivity index (χ2v) is 4.97. The number of rotatable bonds is 4. The van der Waals surface area contributed by atoms with Crippen LogP contribution >= 0.6 is 0 Å². The quantitative estimate of drug-likeness (QED) is 0.886. The summed E-state index contributed by atoms with van der Waals surface area (Å²) in [6, 6.07) is 2.89. The Labute approximate surface area is 114 Å². The highest BCUT2D eigenvalue weighted by atomic mass is 19.2. The van der Waals surface area contributed by atoms with Crippen LogP contribution in [0.4, 0.5) is 8.78 Å². The fourth-order valence-corrected chi connectivity index (χ4v) is 2.52. The predicted molar refractivity (Wildman–Crippen MR) is 67.0 cm³/mol. The molecule has 4 nitrogen and oxygen atoms in total. The third-order valence-corrected chi connectivity index (χ3v) is 3.53. The first kappa shape index (κ1) is 14.4. The van der Waals surface area contributed by atoms with E-state index in [4.69, 9.17) is 5.11 Å². The molecule has 1 aliphatic carbocycles. The number of nitrogens with one attached hydrogen (secondary N) is 1. The van der Waals surface area contributed by atoms with Gasteiger partial charge in [-0.1, -0.05) is 12.5 Å². The second kappa shape index (κ2) is 5.98. The average molecular weight is 283 g/mol. The Kier molecular flexibility index (Phi) is 4.32. The van der Waals surface area contributed by atoms with Crippen LogP contribution in [-0.4, -0.2) is 23.0 Å². The van der Waals surface area contributed by atoms with Crippen molar-refractivity contribution in [2.24, 2.45) is 5.92 Å². The van der Waals surface area contributed by atoms with Crippen molar-refractivity contribution >= 4 is 11.9 Å². The van der Waals surface area contributed by atoms with E-state index in [1.54, 1.807) is 0 Å². The Balaban J connectivity index is 1.95. The highest BCUT2D eigenvalue weighted by Crippen LogP contribution is 2.25. The topological polar surface area (TPSA) is 66.4 Å². The fourth-order valence-electron chi connectivity index (χ4n) is 2.52. The summed E-state index contributed by atoms with van der Waals surface area (Å²) < 4.78 is 25.8. The van der Waals surface area contributed by atoms with Crippen LogP contribution in [0, 0.1) is 17.6 Å². The number of carboxylic acid groups (broad SMARTS) is 1. The molecule has 0 heterocycles. The summed E-state index contributed by atoms with van der Waals surface area (Å²) in [7, 11) is 0. The van der Waals surface area contributed by atoms with E-state index in [-0.39, 0.29) is 18.4 Å². The predicted octanol–water partition coefficient (Wildman–Crippen LogP) is 1.88.